The molecular weight excluding hydrogens is 362 g/mol. The van der Waals surface area contributed by atoms with Crippen LogP contribution in [0.1, 0.15) is 61.8 Å². The van der Waals surface area contributed by atoms with E-state index in [1.54, 1.807) is 0 Å². The van der Waals surface area contributed by atoms with Crippen LogP contribution in [0.4, 0.5) is 0 Å². The van der Waals surface area contributed by atoms with Crippen LogP contribution in [0, 0.1) is 30.6 Å². The van der Waals surface area contributed by atoms with Crippen LogP contribution < -0.4 is 0 Å². The molecule has 2 heterocycles. The van der Waals surface area contributed by atoms with Crippen molar-refractivity contribution in [2.45, 2.75) is 56.8 Å². The first-order chi connectivity index (χ1) is 14.1. The van der Waals surface area contributed by atoms with Gasteiger partial charge in [-0.2, -0.15) is 0 Å². The molecule has 5 nitrogen and oxygen atoms in total. The molecule has 4 saturated carbocycles. The van der Waals surface area contributed by atoms with Gasteiger partial charge in [0.05, 0.1) is 5.92 Å². The van der Waals surface area contributed by atoms with Crippen molar-refractivity contribution in [3.63, 3.8) is 0 Å². The quantitative estimate of drug-likeness (QED) is 0.788. The van der Waals surface area contributed by atoms with E-state index in [2.05, 4.69) is 40.5 Å². The number of likely N-dealkylation sites (tertiary alicyclic amines) is 1. The van der Waals surface area contributed by atoms with E-state index < -0.39 is 0 Å². The summed E-state index contributed by atoms with van der Waals surface area (Å²) in [5.74, 6) is 4.93. The van der Waals surface area contributed by atoms with E-state index >= 15 is 0 Å². The second-order valence-electron chi connectivity index (χ2n) is 10.0. The minimum Gasteiger partial charge on any atom is -0.425 e. The Bertz CT molecular complexity index is 887. The summed E-state index contributed by atoms with van der Waals surface area (Å²) < 4.78 is 5.57. The topological polar surface area (TPSA) is 59.2 Å². The van der Waals surface area contributed by atoms with Crippen LogP contribution in [0.25, 0.3) is 0 Å². The lowest BCUT2D eigenvalue weighted by atomic mass is 9.43. The van der Waals surface area contributed by atoms with Crippen LogP contribution in [0.15, 0.2) is 34.7 Å². The van der Waals surface area contributed by atoms with Crippen molar-refractivity contribution in [3.05, 3.63) is 47.7 Å². The number of aryl methyl sites for hydroxylation is 1. The lowest BCUT2D eigenvalue weighted by molar-refractivity contribution is -0.143. The molecule has 2 aromatic rings. The number of rotatable bonds is 4. The van der Waals surface area contributed by atoms with Crippen LogP contribution in [0.2, 0.25) is 0 Å². The molecule has 5 fully saturated rings. The largest absolute Gasteiger partial charge is 0.425 e. The molecular formula is C24H29N3O2. The highest BCUT2D eigenvalue weighted by atomic mass is 16.4. The van der Waals surface area contributed by atoms with Crippen LogP contribution in [0.3, 0.4) is 0 Å². The van der Waals surface area contributed by atoms with E-state index in [0.29, 0.717) is 49.0 Å². The van der Waals surface area contributed by atoms with Crippen molar-refractivity contribution in [1.29, 1.82) is 0 Å². The fraction of sp³-hybridized carbons (Fsp3) is 0.625. The Hall–Kier alpha value is -2.17. The molecule has 5 aliphatic rings. The zero-order chi connectivity index (χ0) is 19.6. The van der Waals surface area contributed by atoms with Gasteiger partial charge in [-0.15, -0.1) is 10.2 Å². The smallest absolute Gasteiger partial charge is 0.223 e. The molecule has 1 amide bonds. The summed E-state index contributed by atoms with van der Waals surface area (Å²) in [7, 11) is 0. The van der Waals surface area contributed by atoms with Crippen molar-refractivity contribution in [3.8, 4) is 0 Å². The summed E-state index contributed by atoms with van der Waals surface area (Å²) in [6, 6.07) is 11.0. The molecule has 152 valence electrons. The molecule has 0 unspecified atom stereocenters. The molecule has 0 radical (unpaired) electrons. The number of hydrogen-bond acceptors (Lipinski definition) is 4. The molecule has 29 heavy (non-hydrogen) atoms. The molecule has 4 aliphatic carbocycles. The number of aromatic nitrogens is 2. The molecule has 1 aromatic heterocycles. The third-order valence-electron chi connectivity index (χ3n) is 8.48. The number of benzene rings is 1. The highest BCUT2D eigenvalue weighted by Crippen LogP contribution is 2.64. The SMILES string of the molecule is Cc1nnc(C2CN(C(=O)CC3(c4ccccc4)C4CC5CC(C4)CC3C5)C2)o1. The van der Waals surface area contributed by atoms with Crippen LogP contribution >= 0.6 is 0 Å². The minimum atomic E-state index is 0.0396. The van der Waals surface area contributed by atoms with Gasteiger partial charge in [0.1, 0.15) is 0 Å². The lowest BCUT2D eigenvalue weighted by Crippen LogP contribution is -2.58. The van der Waals surface area contributed by atoms with Gasteiger partial charge in [0.2, 0.25) is 17.7 Å². The Morgan fingerprint density at radius 1 is 1.03 bits per heavy atom. The molecule has 0 spiro atoms. The van der Waals surface area contributed by atoms with Crippen LogP contribution in [-0.2, 0) is 10.2 Å². The fourth-order valence-electron chi connectivity index (χ4n) is 7.31. The number of amides is 1. The number of carbonyl (C=O) groups is 1. The first kappa shape index (κ1) is 17.7. The van der Waals surface area contributed by atoms with Crippen LogP contribution in [-0.4, -0.2) is 34.1 Å². The first-order valence-electron chi connectivity index (χ1n) is 11.2. The summed E-state index contributed by atoms with van der Waals surface area (Å²) in [6.45, 7) is 3.24. The molecule has 4 bridgehead atoms. The van der Waals surface area contributed by atoms with E-state index in [1.807, 2.05) is 11.8 Å². The molecule has 0 atom stereocenters. The summed E-state index contributed by atoms with van der Waals surface area (Å²) in [4.78, 5) is 15.5. The number of nitrogens with zero attached hydrogens (tertiary/aromatic N) is 3. The van der Waals surface area contributed by atoms with Crippen molar-refractivity contribution in [2.24, 2.45) is 23.7 Å². The Labute approximate surface area is 171 Å². The van der Waals surface area contributed by atoms with Crippen LogP contribution in [0.5, 0.6) is 0 Å². The predicted molar refractivity (Wildman–Crippen MR) is 108 cm³/mol. The Kier molecular flexibility index (Phi) is 3.91. The van der Waals surface area contributed by atoms with E-state index in [9.17, 15) is 4.79 Å². The Morgan fingerprint density at radius 2 is 1.69 bits per heavy atom. The van der Waals surface area contributed by atoms with Gasteiger partial charge < -0.3 is 9.32 Å². The molecule has 5 heteroatoms. The van der Waals surface area contributed by atoms with Gasteiger partial charge >= 0.3 is 0 Å². The summed E-state index contributed by atoms with van der Waals surface area (Å²) >= 11 is 0. The third kappa shape index (κ3) is 2.69. The molecule has 1 saturated heterocycles. The van der Waals surface area contributed by atoms with Gasteiger partial charge in [0.25, 0.3) is 0 Å². The molecule has 7 rings (SSSR count). The van der Waals surface area contributed by atoms with Crippen molar-refractivity contribution in [2.75, 3.05) is 13.1 Å². The monoisotopic (exact) mass is 391 g/mol. The van der Waals surface area contributed by atoms with Crippen molar-refractivity contribution >= 4 is 5.91 Å². The third-order valence-corrected chi connectivity index (χ3v) is 8.48. The Balaban J connectivity index is 1.25. The van der Waals surface area contributed by atoms with E-state index in [-0.39, 0.29) is 11.3 Å². The van der Waals surface area contributed by atoms with Gasteiger partial charge in [-0.1, -0.05) is 30.3 Å². The van der Waals surface area contributed by atoms with E-state index in [4.69, 9.17) is 4.42 Å². The highest BCUT2D eigenvalue weighted by molar-refractivity contribution is 5.79. The van der Waals surface area contributed by atoms with Gasteiger partial charge in [-0.05, 0) is 61.3 Å². The summed E-state index contributed by atoms with van der Waals surface area (Å²) in [6.07, 6.45) is 7.38. The van der Waals surface area contributed by atoms with Gasteiger partial charge in [0.15, 0.2) is 0 Å². The average Bonchev–Trinajstić information content (AvgIpc) is 3.09. The van der Waals surface area contributed by atoms with Gasteiger partial charge in [-0.25, -0.2) is 0 Å². The first-order valence-corrected chi connectivity index (χ1v) is 11.2. The van der Waals surface area contributed by atoms with E-state index in [0.717, 1.165) is 11.8 Å². The van der Waals surface area contributed by atoms with E-state index in [1.165, 1.54) is 37.7 Å². The number of carbonyl (C=O) groups excluding carboxylic acids is 1. The normalized spacial score (nSPS) is 35.7. The molecule has 1 aromatic carbocycles. The second kappa shape index (κ2) is 6.41. The maximum Gasteiger partial charge on any atom is 0.223 e. The molecule has 0 N–H and O–H groups in total. The average molecular weight is 392 g/mol. The van der Waals surface area contributed by atoms with Crippen molar-refractivity contribution < 1.29 is 9.21 Å². The minimum absolute atomic E-state index is 0.0396. The lowest BCUT2D eigenvalue weighted by Gasteiger charge is -2.62. The summed E-state index contributed by atoms with van der Waals surface area (Å²) in [5, 5.41) is 8.08. The second-order valence-corrected chi connectivity index (χ2v) is 10.0. The maximum absolute atomic E-state index is 13.4. The number of hydrogen-bond donors (Lipinski definition) is 0. The highest BCUT2D eigenvalue weighted by Gasteiger charge is 2.58. The molecule has 1 aliphatic heterocycles. The predicted octanol–water partition coefficient (Wildman–Crippen LogP) is 4.09. The van der Waals surface area contributed by atoms with Gasteiger partial charge in [0, 0.05) is 31.8 Å². The standard InChI is InChI=1S/C24H29N3O2/c1-15-25-26-23(29-15)18-13-27(14-18)22(28)12-24(19-5-3-2-4-6-19)20-8-16-7-17(10-20)11-21(24)9-16/h2-6,16-18,20-21H,7-14H2,1H3. The summed E-state index contributed by atoms with van der Waals surface area (Å²) in [5.41, 5.74) is 1.45. The Morgan fingerprint density at radius 3 is 2.28 bits per heavy atom. The van der Waals surface area contributed by atoms with Gasteiger partial charge in [-0.3, -0.25) is 4.79 Å². The zero-order valence-electron chi connectivity index (χ0n) is 17.1. The fourth-order valence-corrected chi connectivity index (χ4v) is 7.31. The maximum atomic E-state index is 13.4. The zero-order valence-corrected chi connectivity index (χ0v) is 17.1. The van der Waals surface area contributed by atoms with Crippen molar-refractivity contribution in [1.82, 2.24) is 15.1 Å².